The van der Waals surface area contributed by atoms with Crippen LogP contribution in [0.2, 0.25) is 0 Å². The van der Waals surface area contributed by atoms with Gasteiger partial charge in [0, 0.05) is 23.5 Å². The molecule has 7 N–H and O–H groups in total. The summed E-state index contributed by atoms with van der Waals surface area (Å²) in [6.45, 7) is 1.57. The lowest BCUT2D eigenvalue weighted by atomic mass is 10.1. The van der Waals surface area contributed by atoms with E-state index in [1.807, 2.05) is 54.0 Å². The first kappa shape index (κ1) is 40.9. The number of nitrogens with two attached hydrogens (primary N) is 3. The van der Waals surface area contributed by atoms with E-state index in [1.54, 1.807) is 72.0 Å². The second kappa shape index (κ2) is 20.4. The monoisotopic (exact) mass is 754 g/mol. The Morgan fingerprint density at radius 3 is 1.51 bits per heavy atom. The SMILES string of the molecule is CCOC(=O)COc1nc(-c2ccc(OC)c(OC)c2)cc2ncccc12.COc1ccc(-c2cc3ncccc3c(OCC(=O)NN)n2)cc1OC.NN. The zero-order valence-electron chi connectivity index (χ0n) is 30.9. The molecule has 0 aliphatic carbocycles. The molecule has 0 atom stereocenters. The maximum Gasteiger partial charge on any atom is 0.344 e. The highest BCUT2D eigenvalue weighted by molar-refractivity contribution is 5.88. The van der Waals surface area contributed by atoms with Gasteiger partial charge in [0.15, 0.2) is 36.2 Å². The number of hydrazine groups is 2. The third-order valence-corrected chi connectivity index (χ3v) is 7.62. The van der Waals surface area contributed by atoms with Gasteiger partial charge in [-0.2, -0.15) is 0 Å². The van der Waals surface area contributed by atoms with Crippen LogP contribution in [0.1, 0.15) is 6.92 Å². The maximum atomic E-state index is 11.6. The summed E-state index contributed by atoms with van der Waals surface area (Å²) in [5.74, 6) is 15.2. The Morgan fingerprint density at radius 1 is 0.636 bits per heavy atom. The van der Waals surface area contributed by atoms with Crippen LogP contribution >= 0.6 is 0 Å². The summed E-state index contributed by atoms with van der Waals surface area (Å²) >= 11 is 0. The van der Waals surface area contributed by atoms with Crippen molar-refractivity contribution < 1.29 is 42.7 Å². The van der Waals surface area contributed by atoms with E-state index in [-0.39, 0.29) is 13.2 Å². The molecule has 17 heteroatoms. The Labute approximate surface area is 316 Å². The number of benzene rings is 2. The van der Waals surface area contributed by atoms with Crippen LogP contribution in [0, 0.1) is 0 Å². The van der Waals surface area contributed by atoms with Gasteiger partial charge in [0.1, 0.15) is 0 Å². The highest BCUT2D eigenvalue weighted by Gasteiger charge is 2.15. The summed E-state index contributed by atoms with van der Waals surface area (Å²) < 4.78 is 37.3. The van der Waals surface area contributed by atoms with Crippen molar-refractivity contribution in [2.45, 2.75) is 6.92 Å². The molecule has 6 aromatic rings. The van der Waals surface area contributed by atoms with Crippen molar-refractivity contribution in [2.75, 3.05) is 48.3 Å². The molecular formula is C38H42N8O9. The molecule has 0 saturated carbocycles. The van der Waals surface area contributed by atoms with Crippen molar-refractivity contribution in [1.29, 1.82) is 0 Å². The zero-order chi connectivity index (χ0) is 39.7. The molecule has 1 amide bonds. The van der Waals surface area contributed by atoms with Gasteiger partial charge in [-0.25, -0.2) is 20.6 Å². The third kappa shape index (κ3) is 10.4. The molecule has 4 heterocycles. The molecule has 0 saturated heterocycles. The first-order chi connectivity index (χ1) is 26.8. The molecular weight excluding hydrogens is 712 g/mol. The van der Waals surface area contributed by atoms with Gasteiger partial charge in [0.05, 0.1) is 68.2 Å². The van der Waals surface area contributed by atoms with Gasteiger partial charge < -0.3 is 33.2 Å². The summed E-state index contributed by atoms with van der Waals surface area (Å²) in [5, 5.41) is 1.41. The van der Waals surface area contributed by atoms with Crippen LogP contribution in [0.15, 0.2) is 85.2 Å². The fraction of sp³-hybridized carbons (Fsp3) is 0.211. The van der Waals surface area contributed by atoms with Gasteiger partial charge in [0.25, 0.3) is 5.91 Å². The second-order valence-corrected chi connectivity index (χ2v) is 10.9. The molecule has 0 spiro atoms. The third-order valence-electron chi connectivity index (χ3n) is 7.62. The smallest absolute Gasteiger partial charge is 0.344 e. The molecule has 55 heavy (non-hydrogen) atoms. The number of nitrogens with zero attached hydrogens (tertiary/aromatic N) is 4. The predicted octanol–water partition coefficient (Wildman–Crippen LogP) is 3.76. The molecule has 0 unspecified atom stereocenters. The number of pyridine rings is 4. The number of amides is 1. The normalized spacial score (nSPS) is 10.2. The molecule has 288 valence electrons. The van der Waals surface area contributed by atoms with E-state index in [4.69, 9.17) is 39.0 Å². The minimum Gasteiger partial charge on any atom is -0.493 e. The van der Waals surface area contributed by atoms with Crippen molar-refractivity contribution in [3.63, 3.8) is 0 Å². The Hall–Kier alpha value is -6.82. The van der Waals surface area contributed by atoms with Gasteiger partial charge in [0.2, 0.25) is 11.8 Å². The number of hydrogen-bond acceptors (Lipinski definition) is 16. The number of nitrogens with one attached hydrogen (secondary N) is 1. The van der Waals surface area contributed by atoms with Gasteiger partial charge in [-0.05, 0) is 79.7 Å². The summed E-state index contributed by atoms with van der Waals surface area (Å²) in [7, 11) is 6.29. The molecule has 4 aromatic heterocycles. The largest absolute Gasteiger partial charge is 0.493 e. The average Bonchev–Trinajstić information content (AvgIpc) is 3.24. The van der Waals surface area contributed by atoms with E-state index in [0.29, 0.717) is 74.6 Å². The average molecular weight is 755 g/mol. The number of esters is 1. The predicted molar refractivity (Wildman–Crippen MR) is 204 cm³/mol. The van der Waals surface area contributed by atoms with E-state index in [9.17, 15) is 9.59 Å². The van der Waals surface area contributed by atoms with Crippen molar-refractivity contribution in [3.8, 4) is 57.3 Å². The molecule has 0 bridgehead atoms. The lowest BCUT2D eigenvalue weighted by molar-refractivity contribution is -0.145. The van der Waals surface area contributed by atoms with Gasteiger partial charge >= 0.3 is 5.97 Å². The first-order valence-electron chi connectivity index (χ1n) is 16.5. The number of hydrogen-bond donors (Lipinski definition) is 4. The van der Waals surface area contributed by atoms with Crippen LogP contribution in [0.3, 0.4) is 0 Å². The minimum atomic E-state index is -0.458. The van der Waals surface area contributed by atoms with Crippen molar-refractivity contribution in [3.05, 3.63) is 85.2 Å². The van der Waals surface area contributed by atoms with E-state index < -0.39 is 11.9 Å². The molecule has 0 aliphatic heterocycles. The second-order valence-electron chi connectivity index (χ2n) is 10.9. The van der Waals surface area contributed by atoms with Crippen molar-refractivity contribution in [1.82, 2.24) is 25.4 Å². The quantitative estimate of drug-likeness (QED) is 0.0568. The Balaban J connectivity index is 0.000000234. The maximum absolute atomic E-state index is 11.6. The van der Waals surface area contributed by atoms with E-state index >= 15 is 0 Å². The summed E-state index contributed by atoms with van der Waals surface area (Å²) in [5.41, 5.74) is 6.28. The Bertz CT molecular complexity index is 2220. The van der Waals surface area contributed by atoms with E-state index in [2.05, 4.69) is 31.6 Å². The minimum absolute atomic E-state index is 0.222. The summed E-state index contributed by atoms with van der Waals surface area (Å²) in [6, 6.07) is 21.9. The lowest BCUT2D eigenvalue weighted by Crippen LogP contribution is -2.34. The number of carbonyl (C=O) groups excluding carboxylic acids is 2. The van der Waals surface area contributed by atoms with Gasteiger partial charge in [-0.3, -0.25) is 31.9 Å². The highest BCUT2D eigenvalue weighted by atomic mass is 16.6. The van der Waals surface area contributed by atoms with E-state index in [1.165, 1.54) is 0 Å². The number of carbonyl (C=O) groups is 2. The van der Waals surface area contributed by atoms with Crippen LogP contribution in [0.4, 0.5) is 0 Å². The molecule has 0 aliphatic rings. The molecule has 0 radical (unpaired) electrons. The topological polar surface area (TPSA) is 240 Å². The summed E-state index contributed by atoms with van der Waals surface area (Å²) in [4.78, 5) is 40.9. The number of rotatable bonds is 13. The van der Waals surface area contributed by atoms with Crippen molar-refractivity contribution in [2.24, 2.45) is 17.5 Å². The number of aromatic nitrogens is 4. The summed E-state index contributed by atoms with van der Waals surface area (Å²) in [6.07, 6.45) is 3.37. The number of fused-ring (bicyclic) bond motifs is 2. The van der Waals surface area contributed by atoms with Crippen LogP contribution in [-0.2, 0) is 14.3 Å². The number of methoxy groups -OCH3 is 4. The zero-order valence-corrected chi connectivity index (χ0v) is 30.9. The molecule has 2 aromatic carbocycles. The fourth-order valence-electron chi connectivity index (χ4n) is 5.10. The lowest BCUT2D eigenvalue weighted by Gasteiger charge is -2.12. The first-order valence-corrected chi connectivity index (χ1v) is 16.5. The molecule has 17 nitrogen and oxygen atoms in total. The highest BCUT2D eigenvalue weighted by Crippen LogP contribution is 2.35. The molecule has 6 rings (SSSR count). The van der Waals surface area contributed by atoms with Crippen molar-refractivity contribution >= 4 is 33.7 Å². The fourth-order valence-corrected chi connectivity index (χ4v) is 5.10. The van der Waals surface area contributed by atoms with Gasteiger partial charge in [-0.15, -0.1) is 0 Å². The van der Waals surface area contributed by atoms with E-state index in [0.717, 1.165) is 11.1 Å². The number of ether oxygens (including phenoxy) is 7. The van der Waals surface area contributed by atoms with Gasteiger partial charge in [-0.1, -0.05) is 0 Å². The van der Waals surface area contributed by atoms with Crippen LogP contribution in [-0.4, -0.2) is 80.1 Å². The van der Waals surface area contributed by atoms with Crippen LogP contribution in [0.25, 0.3) is 44.3 Å². The van der Waals surface area contributed by atoms with Crippen LogP contribution in [0.5, 0.6) is 34.8 Å². The Morgan fingerprint density at radius 2 is 1.09 bits per heavy atom. The molecule has 0 fully saturated rings. The van der Waals surface area contributed by atoms with Crippen LogP contribution < -0.4 is 51.4 Å². The standard InChI is InChI=1S/C20H20N2O5.C18H18N4O4.H4N2/c1-4-26-19(23)12-27-20-14-6-5-9-21-16(14)11-15(22-20)13-7-8-17(24-2)18(10-13)25-3;1-24-15-6-5-11(8-16(15)25-2)13-9-14-12(4-3-7-20-14)18(21-13)26-10-17(23)22-19;1-2/h5-11H,4,12H2,1-3H3;3-9H,10,19H2,1-2H3,(H,22,23);1-2H2. The Kier molecular flexibility index (Phi) is 15.2.